The van der Waals surface area contributed by atoms with Crippen LogP contribution in [0.25, 0.3) is 0 Å². The minimum absolute atomic E-state index is 0.254. The number of halogens is 2. The molecule has 8 heteroatoms. The van der Waals surface area contributed by atoms with Gasteiger partial charge in [-0.2, -0.15) is 0 Å². The van der Waals surface area contributed by atoms with Crippen molar-refractivity contribution in [2.24, 2.45) is 0 Å². The van der Waals surface area contributed by atoms with Crippen molar-refractivity contribution in [3.8, 4) is 0 Å². The van der Waals surface area contributed by atoms with Crippen LogP contribution in [0.15, 0.2) is 21.5 Å². The summed E-state index contributed by atoms with van der Waals surface area (Å²) in [5.41, 5.74) is 0.185. The van der Waals surface area contributed by atoms with Gasteiger partial charge in [0.1, 0.15) is 0 Å². The van der Waals surface area contributed by atoms with E-state index in [4.69, 9.17) is 10.7 Å². The summed E-state index contributed by atoms with van der Waals surface area (Å²) >= 11 is 3.09. The number of benzene rings is 1. The van der Waals surface area contributed by atoms with Gasteiger partial charge < -0.3 is 0 Å². The Labute approximate surface area is 105 Å². The van der Waals surface area contributed by atoms with Crippen molar-refractivity contribution in [3.05, 3.63) is 32.3 Å². The Bertz CT molecular complexity index is 543. The molecule has 1 rings (SSSR count). The molecular weight excluding hydrogens is 322 g/mol. The van der Waals surface area contributed by atoms with Gasteiger partial charge in [-0.15, -0.1) is 0 Å². The Morgan fingerprint density at radius 2 is 2.06 bits per heavy atom. The second kappa shape index (κ2) is 4.68. The molecule has 1 aromatic carbocycles. The van der Waals surface area contributed by atoms with Gasteiger partial charge in [0.15, 0.2) is 0 Å². The third kappa shape index (κ3) is 2.72. The summed E-state index contributed by atoms with van der Waals surface area (Å²) in [7, 11) is 1.16. The van der Waals surface area contributed by atoms with E-state index >= 15 is 0 Å². The molecule has 0 fully saturated rings. The fourth-order valence-corrected chi connectivity index (χ4v) is 2.91. The molecule has 5 nitrogen and oxygen atoms in total. The molecule has 0 radical (unpaired) electrons. The summed E-state index contributed by atoms with van der Waals surface area (Å²) in [5.74, 6) is 0. The van der Waals surface area contributed by atoms with Gasteiger partial charge in [0.2, 0.25) is 0 Å². The number of nitro benzene ring substituents is 1. The largest absolute Gasteiger partial charge is 0.275 e. The van der Waals surface area contributed by atoms with E-state index in [9.17, 15) is 18.5 Å². The Morgan fingerprint density at radius 1 is 1.50 bits per heavy atom. The highest BCUT2D eigenvalue weighted by Crippen LogP contribution is 2.32. The van der Waals surface area contributed by atoms with Gasteiger partial charge >= 0.3 is 0 Å². The smallest absolute Gasteiger partial charge is 0.258 e. The van der Waals surface area contributed by atoms with E-state index in [-0.39, 0.29) is 10.6 Å². The molecule has 0 heterocycles. The van der Waals surface area contributed by atoms with E-state index in [0.717, 1.165) is 6.07 Å². The van der Waals surface area contributed by atoms with Crippen LogP contribution in [-0.4, -0.2) is 13.3 Å². The summed E-state index contributed by atoms with van der Waals surface area (Å²) in [6, 6.07) is 2.22. The Kier molecular flexibility index (Phi) is 3.92. The molecule has 0 saturated carbocycles. The summed E-state index contributed by atoms with van der Waals surface area (Å²) in [4.78, 5) is 9.84. The van der Waals surface area contributed by atoms with Crippen LogP contribution in [0.4, 0.5) is 5.69 Å². The number of hydrogen-bond acceptors (Lipinski definition) is 4. The summed E-state index contributed by atoms with van der Waals surface area (Å²) in [6.07, 6.45) is 0.416. The third-order valence-corrected chi connectivity index (χ3v) is 4.02. The van der Waals surface area contributed by atoms with Gasteiger partial charge in [0.25, 0.3) is 14.7 Å². The minimum Gasteiger partial charge on any atom is -0.258 e. The third-order valence-electron chi connectivity index (χ3n) is 1.98. The van der Waals surface area contributed by atoms with Crippen LogP contribution in [0.1, 0.15) is 12.5 Å². The molecule has 0 spiro atoms. The monoisotopic (exact) mass is 327 g/mol. The molecule has 0 bridgehead atoms. The van der Waals surface area contributed by atoms with E-state index in [1.165, 1.54) is 6.07 Å². The Balaban J connectivity index is 3.59. The average Bonchev–Trinajstić information content (AvgIpc) is 2.14. The molecule has 16 heavy (non-hydrogen) atoms. The predicted octanol–water partition coefficient (Wildman–Crippen LogP) is 2.85. The average molecular weight is 329 g/mol. The van der Waals surface area contributed by atoms with Crippen molar-refractivity contribution >= 4 is 41.4 Å². The van der Waals surface area contributed by atoms with Gasteiger partial charge in [0.05, 0.1) is 9.82 Å². The standard InChI is InChI=1S/C8H7BrClNO4S/c1-2-6-7(9)3-5(16(10,14)15)4-8(6)11(12)13/h3-4H,2H2,1H3. The number of hydrogen-bond donors (Lipinski definition) is 0. The Morgan fingerprint density at radius 3 is 2.44 bits per heavy atom. The van der Waals surface area contributed by atoms with E-state index in [2.05, 4.69) is 15.9 Å². The van der Waals surface area contributed by atoms with E-state index in [0.29, 0.717) is 16.5 Å². The SMILES string of the molecule is CCc1c(Br)cc(S(=O)(=O)Cl)cc1[N+](=O)[O-]. The van der Waals surface area contributed by atoms with Crippen molar-refractivity contribution in [1.29, 1.82) is 0 Å². The lowest BCUT2D eigenvalue weighted by molar-refractivity contribution is -0.385. The van der Waals surface area contributed by atoms with Crippen LogP contribution >= 0.6 is 26.6 Å². The molecule has 0 saturated heterocycles. The normalized spacial score (nSPS) is 11.4. The van der Waals surface area contributed by atoms with Crippen LogP contribution in [0.5, 0.6) is 0 Å². The van der Waals surface area contributed by atoms with Gasteiger partial charge in [-0.3, -0.25) is 10.1 Å². The lowest BCUT2D eigenvalue weighted by Gasteiger charge is -2.05. The molecule has 0 aliphatic carbocycles. The van der Waals surface area contributed by atoms with Gasteiger partial charge in [0, 0.05) is 26.8 Å². The molecule has 0 amide bonds. The zero-order chi connectivity index (χ0) is 12.5. The van der Waals surface area contributed by atoms with E-state index in [1.54, 1.807) is 6.92 Å². The highest BCUT2D eigenvalue weighted by molar-refractivity contribution is 9.10. The molecule has 0 atom stereocenters. The minimum atomic E-state index is -3.97. The summed E-state index contributed by atoms with van der Waals surface area (Å²) in [5, 5.41) is 10.8. The lowest BCUT2D eigenvalue weighted by Crippen LogP contribution is -1.99. The van der Waals surface area contributed by atoms with Crippen LogP contribution in [0.3, 0.4) is 0 Å². The zero-order valence-electron chi connectivity index (χ0n) is 8.11. The number of rotatable bonds is 3. The van der Waals surface area contributed by atoms with Crippen molar-refractivity contribution in [3.63, 3.8) is 0 Å². The van der Waals surface area contributed by atoms with Crippen LogP contribution < -0.4 is 0 Å². The quantitative estimate of drug-likeness (QED) is 0.485. The van der Waals surface area contributed by atoms with Crippen LogP contribution in [-0.2, 0) is 15.5 Å². The highest BCUT2D eigenvalue weighted by atomic mass is 79.9. The molecule has 88 valence electrons. The van der Waals surface area contributed by atoms with Gasteiger partial charge in [-0.25, -0.2) is 8.42 Å². The maximum atomic E-state index is 11.1. The fourth-order valence-electron chi connectivity index (χ4n) is 1.25. The molecule has 1 aromatic rings. The Hall–Kier alpha value is -0.660. The number of nitro groups is 1. The van der Waals surface area contributed by atoms with Crippen molar-refractivity contribution in [1.82, 2.24) is 0 Å². The van der Waals surface area contributed by atoms with Crippen molar-refractivity contribution in [2.45, 2.75) is 18.2 Å². The molecule has 0 aliphatic heterocycles. The second-order valence-corrected chi connectivity index (χ2v) is 6.37. The molecule has 0 N–H and O–H groups in total. The summed E-state index contributed by atoms with van der Waals surface area (Å²) < 4.78 is 22.5. The van der Waals surface area contributed by atoms with E-state index in [1.807, 2.05) is 0 Å². The van der Waals surface area contributed by atoms with Crippen molar-refractivity contribution in [2.75, 3.05) is 0 Å². The molecule has 0 unspecified atom stereocenters. The first-order valence-electron chi connectivity index (χ1n) is 4.18. The second-order valence-electron chi connectivity index (χ2n) is 2.95. The zero-order valence-corrected chi connectivity index (χ0v) is 11.3. The fraction of sp³-hybridized carbons (Fsp3) is 0.250. The maximum Gasteiger partial charge on any atom is 0.275 e. The van der Waals surface area contributed by atoms with E-state index < -0.39 is 14.0 Å². The highest BCUT2D eigenvalue weighted by Gasteiger charge is 2.21. The van der Waals surface area contributed by atoms with Crippen LogP contribution in [0.2, 0.25) is 0 Å². The molecule has 0 aromatic heterocycles. The van der Waals surface area contributed by atoms with Gasteiger partial charge in [-0.05, 0) is 12.5 Å². The first kappa shape index (κ1) is 13.4. The number of nitrogens with zero attached hydrogens (tertiary/aromatic N) is 1. The first-order chi connectivity index (χ1) is 7.27. The maximum absolute atomic E-state index is 11.1. The summed E-state index contributed by atoms with van der Waals surface area (Å²) in [6.45, 7) is 1.74. The predicted molar refractivity (Wildman–Crippen MR) is 63.2 cm³/mol. The first-order valence-corrected chi connectivity index (χ1v) is 7.29. The molecular formula is C8H7BrClNO4S. The molecule has 0 aliphatic rings. The van der Waals surface area contributed by atoms with Gasteiger partial charge in [-0.1, -0.05) is 22.9 Å². The van der Waals surface area contributed by atoms with Crippen LogP contribution in [0, 0.1) is 10.1 Å². The topological polar surface area (TPSA) is 77.3 Å². The lowest BCUT2D eigenvalue weighted by atomic mass is 10.1. The van der Waals surface area contributed by atoms with Crippen molar-refractivity contribution < 1.29 is 13.3 Å².